The second-order valence-electron chi connectivity index (χ2n) is 4.71. The number of fused-ring (bicyclic) bond motifs is 2. The predicted octanol–water partition coefficient (Wildman–Crippen LogP) is 1.07. The number of phenolic OH excluding ortho intramolecular Hbond substituents is 3. The van der Waals surface area contributed by atoms with E-state index in [-0.39, 0.29) is 22.3 Å². The fraction of sp³-hybridized carbons (Fsp3) is 0.0667. The average molecular weight is 286 g/mol. The van der Waals surface area contributed by atoms with E-state index in [4.69, 9.17) is 5.11 Å². The molecule has 0 bridgehead atoms. The van der Waals surface area contributed by atoms with Crippen molar-refractivity contribution in [3.8, 4) is 17.2 Å². The highest BCUT2D eigenvalue weighted by atomic mass is 16.3. The van der Waals surface area contributed by atoms with Crippen LogP contribution in [0, 0.1) is 0 Å². The average Bonchev–Trinajstić information content (AvgIpc) is 2.46. The van der Waals surface area contributed by atoms with E-state index in [1.807, 2.05) is 0 Å². The Balaban J connectivity index is 2.36. The van der Waals surface area contributed by atoms with E-state index in [0.717, 1.165) is 6.07 Å². The lowest BCUT2D eigenvalue weighted by atomic mass is 9.82. The third kappa shape index (κ3) is 1.70. The molecule has 2 aromatic rings. The molecule has 1 aliphatic carbocycles. The number of hydrogen-bond donors (Lipinski definition) is 4. The Labute approximate surface area is 118 Å². The van der Waals surface area contributed by atoms with Crippen LogP contribution in [0.3, 0.4) is 0 Å². The van der Waals surface area contributed by atoms with E-state index >= 15 is 0 Å². The van der Waals surface area contributed by atoms with Crippen LogP contribution < -0.4 is 0 Å². The number of aromatic hydroxyl groups is 3. The van der Waals surface area contributed by atoms with Gasteiger partial charge in [0.15, 0.2) is 17.3 Å². The van der Waals surface area contributed by atoms with Gasteiger partial charge in [-0.05, 0) is 29.8 Å². The highest BCUT2D eigenvalue weighted by Crippen LogP contribution is 2.40. The van der Waals surface area contributed by atoms with Crippen LogP contribution >= 0.6 is 0 Å². The summed E-state index contributed by atoms with van der Waals surface area (Å²) < 4.78 is 0. The van der Waals surface area contributed by atoms with E-state index in [1.165, 1.54) is 18.2 Å². The molecular formula is C15H10O6. The normalized spacial score (nSPS) is 13.0. The molecule has 0 amide bonds. The minimum Gasteiger partial charge on any atom is -0.507 e. The molecular weight excluding hydrogens is 276 g/mol. The lowest BCUT2D eigenvalue weighted by Gasteiger charge is -2.20. The Hall–Kier alpha value is -2.86. The maximum atomic E-state index is 12.4. The van der Waals surface area contributed by atoms with Crippen molar-refractivity contribution in [3.63, 3.8) is 0 Å². The molecule has 0 aromatic heterocycles. The van der Waals surface area contributed by atoms with Gasteiger partial charge in [-0.2, -0.15) is 0 Å². The summed E-state index contributed by atoms with van der Waals surface area (Å²) in [6.45, 7) is -0.393. The van der Waals surface area contributed by atoms with Gasteiger partial charge in [-0.15, -0.1) is 0 Å². The lowest BCUT2D eigenvalue weighted by molar-refractivity contribution is 0.0973. The van der Waals surface area contributed by atoms with Crippen molar-refractivity contribution in [3.05, 3.63) is 52.1 Å². The number of carbonyl (C=O) groups excluding carboxylic acids is 2. The Morgan fingerprint density at radius 1 is 0.810 bits per heavy atom. The number of ketones is 2. The molecule has 0 atom stereocenters. The largest absolute Gasteiger partial charge is 0.507 e. The summed E-state index contributed by atoms with van der Waals surface area (Å²) >= 11 is 0. The lowest BCUT2D eigenvalue weighted by Crippen LogP contribution is -2.21. The molecule has 0 fully saturated rings. The summed E-state index contributed by atoms with van der Waals surface area (Å²) in [5, 5.41) is 38.3. The topological polar surface area (TPSA) is 115 Å². The van der Waals surface area contributed by atoms with Crippen LogP contribution in [0.2, 0.25) is 0 Å². The highest BCUT2D eigenvalue weighted by Gasteiger charge is 2.35. The maximum absolute atomic E-state index is 12.4. The molecule has 6 nitrogen and oxygen atoms in total. The smallest absolute Gasteiger partial charge is 0.202 e. The second-order valence-corrected chi connectivity index (χ2v) is 4.71. The molecule has 3 rings (SSSR count). The van der Waals surface area contributed by atoms with Gasteiger partial charge in [-0.1, -0.05) is 0 Å². The van der Waals surface area contributed by atoms with Gasteiger partial charge in [0, 0.05) is 11.1 Å². The fourth-order valence-corrected chi connectivity index (χ4v) is 2.46. The van der Waals surface area contributed by atoms with Gasteiger partial charge in [0.05, 0.1) is 17.7 Å². The van der Waals surface area contributed by atoms with Gasteiger partial charge in [0.1, 0.15) is 5.75 Å². The number of benzene rings is 2. The van der Waals surface area contributed by atoms with Gasteiger partial charge in [0.25, 0.3) is 0 Å². The van der Waals surface area contributed by atoms with Gasteiger partial charge in [-0.25, -0.2) is 0 Å². The number of carbonyl (C=O) groups is 2. The van der Waals surface area contributed by atoms with Gasteiger partial charge in [-0.3, -0.25) is 9.59 Å². The third-order valence-corrected chi connectivity index (χ3v) is 3.46. The van der Waals surface area contributed by atoms with Crippen LogP contribution in [0.15, 0.2) is 24.3 Å². The summed E-state index contributed by atoms with van der Waals surface area (Å²) in [7, 11) is 0. The first-order valence-electron chi connectivity index (χ1n) is 6.06. The molecule has 0 unspecified atom stereocenters. The van der Waals surface area contributed by atoms with Crippen molar-refractivity contribution < 1.29 is 30.0 Å². The van der Waals surface area contributed by atoms with Crippen LogP contribution in [0.25, 0.3) is 0 Å². The van der Waals surface area contributed by atoms with Gasteiger partial charge in [0.2, 0.25) is 5.78 Å². The van der Waals surface area contributed by atoms with Crippen LogP contribution in [0.5, 0.6) is 17.2 Å². The number of phenols is 3. The van der Waals surface area contributed by atoms with Crippen molar-refractivity contribution >= 4 is 11.6 Å². The van der Waals surface area contributed by atoms with E-state index in [2.05, 4.69) is 0 Å². The molecule has 0 saturated heterocycles. The van der Waals surface area contributed by atoms with Gasteiger partial charge < -0.3 is 20.4 Å². The summed E-state index contributed by atoms with van der Waals surface area (Å²) in [6, 6.07) is 4.84. The zero-order chi connectivity index (χ0) is 15.3. The SMILES string of the molecule is O=C1c2cc(CO)cc(O)c2C(=O)c2c1ccc(O)c2O. The van der Waals surface area contributed by atoms with Crippen molar-refractivity contribution in [2.75, 3.05) is 0 Å². The molecule has 106 valence electrons. The first kappa shape index (κ1) is 13.1. The molecule has 0 saturated carbocycles. The summed E-state index contributed by atoms with van der Waals surface area (Å²) in [5.41, 5.74) is -0.386. The van der Waals surface area contributed by atoms with Crippen molar-refractivity contribution in [2.24, 2.45) is 0 Å². The maximum Gasteiger partial charge on any atom is 0.202 e. The minimum absolute atomic E-state index is 0.0401. The third-order valence-electron chi connectivity index (χ3n) is 3.46. The molecule has 0 spiro atoms. The second kappa shape index (κ2) is 4.32. The predicted molar refractivity (Wildman–Crippen MR) is 70.7 cm³/mol. The van der Waals surface area contributed by atoms with Crippen LogP contribution in [0.1, 0.15) is 37.4 Å². The summed E-state index contributed by atoms with van der Waals surface area (Å²) in [4.78, 5) is 24.8. The van der Waals surface area contributed by atoms with Crippen LogP contribution in [-0.2, 0) is 6.61 Å². The van der Waals surface area contributed by atoms with Crippen molar-refractivity contribution in [1.29, 1.82) is 0 Å². The zero-order valence-corrected chi connectivity index (χ0v) is 10.6. The number of rotatable bonds is 1. The van der Waals surface area contributed by atoms with E-state index in [0.29, 0.717) is 5.56 Å². The minimum atomic E-state index is -0.755. The van der Waals surface area contributed by atoms with Crippen LogP contribution in [0.4, 0.5) is 0 Å². The molecule has 0 radical (unpaired) electrons. The number of aliphatic hydroxyl groups is 1. The number of hydrogen-bond acceptors (Lipinski definition) is 6. The quantitative estimate of drug-likeness (QED) is 0.497. The summed E-state index contributed by atoms with van der Waals surface area (Å²) in [6.07, 6.45) is 0. The molecule has 2 aromatic carbocycles. The highest BCUT2D eigenvalue weighted by molar-refractivity contribution is 6.30. The zero-order valence-electron chi connectivity index (χ0n) is 10.6. The molecule has 1 aliphatic rings. The first-order valence-corrected chi connectivity index (χ1v) is 6.06. The van der Waals surface area contributed by atoms with Gasteiger partial charge >= 0.3 is 0 Å². The van der Waals surface area contributed by atoms with E-state index < -0.39 is 35.4 Å². The monoisotopic (exact) mass is 286 g/mol. The van der Waals surface area contributed by atoms with E-state index in [1.54, 1.807) is 0 Å². The van der Waals surface area contributed by atoms with Crippen LogP contribution in [-0.4, -0.2) is 32.0 Å². The Kier molecular flexibility index (Phi) is 2.70. The Morgan fingerprint density at radius 2 is 1.52 bits per heavy atom. The molecule has 0 aliphatic heterocycles. The summed E-state index contributed by atoms with van der Waals surface area (Å²) in [5.74, 6) is -2.99. The Bertz CT molecular complexity index is 806. The Morgan fingerprint density at radius 3 is 2.19 bits per heavy atom. The molecule has 4 N–H and O–H groups in total. The molecule has 0 heterocycles. The fourth-order valence-electron chi connectivity index (χ4n) is 2.46. The first-order chi connectivity index (χ1) is 9.95. The van der Waals surface area contributed by atoms with Crippen molar-refractivity contribution in [2.45, 2.75) is 6.61 Å². The number of aliphatic hydroxyl groups excluding tert-OH is 1. The molecule has 21 heavy (non-hydrogen) atoms. The van der Waals surface area contributed by atoms with Crippen molar-refractivity contribution in [1.82, 2.24) is 0 Å². The van der Waals surface area contributed by atoms with E-state index in [9.17, 15) is 24.9 Å². The molecule has 6 heteroatoms. The standard InChI is InChI=1S/C15H10O6/c16-5-6-3-8-11(10(18)4-6)15(21)12-7(13(8)19)1-2-9(17)14(12)20/h1-4,16-18,20H,5H2.